The Bertz CT molecular complexity index is 1130. The first-order valence-corrected chi connectivity index (χ1v) is 8.67. The summed E-state index contributed by atoms with van der Waals surface area (Å²) in [6.07, 6.45) is 3.75. The first kappa shape index (κ1) is 16.1. The van der Waals surface area contributed by atoms with Gasteiger partial charge >= 0.3 is 0 Å². The average Bonchev–Trinajstić information content (AvgIpc) is 3.25. The van der Waals surface area contributed by atoms with Gasteiger partial charge in [0, 0.05) is 24.5 Å². The Morgan fingerprint density at radius 1 is 1.15 bits per heavy atom. The second kappa shape index (κ2) is 6.49. The molecular weight excluding hydrogens is 322 g/mol. The molecule has 0 aliphatic rings. The topological polar surface area (TPSA) is 59.4 Å². The largest absolute Gasteiger partial charge is 0.327 e. The van der Waals surface area contributed by atoms with Crippen LogP contribution in [-0.2, 0) is 13.1 Å². The Balaban J connectivity index is 1.76. The molecule has 0 saturated heterocycles. The third kappa shape index (κ3) is 2.76. The monoisotopic (exact) mass is 341 g/mol. The van der Waals surface area contributed by atoms with Crippen molar-refractivity contribution in [1.82, 2.24) is 19.1 Å². The highest BCUT2D eigenvalue weighted by Crippen LogP contribution is 2.22. The summed E-state index contributed by atoms with van der Waals surface area (Å²) in [5, 5.41) is 9.14. The highest BCUT2D eigenvalue weighted by Gasteiger charge is 2.13. The maximum absolute atomic E-state index is 9.14. The van der Waals surface area contributed by atoms with Crippen LogP contribution < -0.4 is 0 Å². The van der Waals surface area contributed by atoms with Gasteiger partial charge in [-0.15, -0.1) is 0 Å². The fraction of sp³-hybridized carbons (Fsp3) is 0.190. The predicted octanol–water partition coefficient (Wildman–Crippen LogP) is 4.15. The summed E-state index contributed by atoms with van der Waals surface area (Å²) in [6.45, 7) is 5.71. The van der Waals surface area contributed by atoms with Gasteiger partial charge in [-0.2, -0.15) is 5.26 Å². The van der Waals surface area contributed by atoms with Crippen LogP contribution in [0.3, 0.4) is 0 Å². The predicted molar refractivity (Wildman–Crippen MR) is 102 cm³/mol. The van der Waals surface area contributed by atoms with Gasteiger partial charge in [0.1, 0.15) is 11.6 Å². The Morgan fingerprint density at radius 2 is 2.04 bits per heavy atom. The molecule has 0 fully saturated rings. The van der Waals surface area contributed by atoms with Gasteiger partial charge < -0.3 is 9.13 Å². The Kier molecular flexibility index (Phi) is 4.02. The fourth-order valence-corrected chi connectivity index (χ4v) is 3.34. The van der Waals surface area contributed by atoms with E-state index < -0.39 is 0 Å². The van der Waals surface area contributed by atoms with Gasteiger partial charge in [-0.25, -0.2) is 9.97 Å². The number of imidazole rings is 2. The molecule has 0 N–H and O–H groups in total. The number of hydrogen-bond acceptors (Lipinski definition) is 3. The minimum Gasteiger partial charge on any atom is -0.327 e. The van der Waals surface area contributed by atoms with E-state index in [2.05, 4.69) is 52.2 Å². The molecular formula is C21H19N5. The highest BCUT2D eigenvalue weighted by atomic mass is 15.1. The lowest BCUT2D eigenvalue weighted by Crippen LogP contribution is -2.08. The van der Waals surface area contributed by atoms with E-state index in [9.17, 15) is 0 Å². The number of rotatable bonds is 4. The van der Waals surface area contributed by atoms with Crippen LogP contribution in [0.5, 0.6) is 0 Å². The van der Waals surface area contributed by atoms with Crippen molar-refractivity contribution in [3.05, 3.63) is 71.8 Å². The van der Waals surface area contributed by atoms with Gasteiger partial charge in [0.25, 0.3) is 0 Å². The van der Waals surface area contributed by atoms with Crippen molar-refractivity contribution >= 4 is 11.0 Å². The van der Waals surface area contributed by atoms with E-state index in [4.69, 9.17) is 10.2 Å². The van der Waals surface area contributed by atoms with E-state index in [0.717, 1.165) is 34.8 Å². The maximum atomic E-state index is 9.14. The molecule has 0 amide bonds. The minimum absolute atomic E-state index is 0.633. The number of nitriles is 1. The van der Waals surface area contributed by atoms with Crippen molar-refractivity contribution in [3.8, 4) is 17.5 Å². The molecule has 0 aliphatic heterocycles. The van der Waals surface area contributed by atoms with E-state index in [-0.39, 0.29) is 0 Å². The molecule has 2 heterocycles. The summed E-state index contributed by atoms with van der Waals surface area (Å²) >= 11 is 0. The van der Waals surface area contributed by atoms with Gasteiger partial charge in [-0.1, -0.05) is 18.2 Å². The molecule has 0 radical (unpaired) electrons. The molecule has 128 valence electrons. The Labute approximate surface area is 152 Å². The van der Waals surface area contributed by atoms with E-state index in [1.165, 1.54) is 5.56 Å². The third-order valence-electron chi connectivity index (χ3n) is 4.58. The van der Waals surface area contributed by atoms with Crippen molar-refractivity contribution in [2.24, 2.45) is 0 Å². The van der Waals surface area contributed by atoms with Gasteiger partial charge in [0.2, 0.25) is 0 Å². The number of benzene rings is 2. The van der Waals surface area contributed by atoms with Crippen LogP contribution in [0.25, 0.3) is 22.4 Å². The van der Waals surface area contributed by atoms with Crippen molar-refractivity contribution in [2.75, 3.05) is 0 Å². The van der Waals surface area contributed by atoms with E-state index in [0.29, 0.717) is 12.1 Å². The fourth-order valence-electron chi connectivity index (χ4n) is 3.34. The van der Waals surface area contributed by atoms with Gasteiger partial charge in [-0.05, 0) is 43.7 Å². The number of fused-ring (bicyclic) bond motifs is 1. The summed E-state index contributed by atoms with van der Waals surface area (Å²) in [5.74, 6) is 1.84. The van der Waals surface area contributed by atoms with Crippen molar-refractivity contribution < 1.29 is 0 Å². The molecule has 4 aromatic rings. The molecule has 2 aromatic carbocycles. The average molecular weight is 341 g/mol. The molecule has 5 heteroatoms. The number of aryl methyl sites for hydroxylation is 2. The molecule has 0 saturated carbocycles. The highest BCUT2D eigenvalue weighted by molar-refractivity contribution is 5.77. The van der Waals surface area contributed by atoms with Gasteiger partial charge in [0.05, 0.1) is 29.2 Å². The maximum Gasteiger partial charge on any atom is 0.140 e. The molecule has 5 nitrogen and oxygen atoms in total. The van der Waals surface area contributed by atoms with Gasteiger partial charge in [0.15, 0.2) is 0 Å². The SMILES string of the molecule is CCn1c(Cn2ccnc2-c2cccc(C#N)c2)nc2cc(C)ccc21. The summed E-state index contributed by atoms with van der Waals surface area (Å²) in [5.41, 5.74) is 4.95. The quantitative estimate of drug-likeness (QED) is 0.560. The Morgan fingerprint density at radius 3 is 2.85 bits per heavy atom. The van der Waals surface area contributed by atoms with Crippen LogP contribution in [0.4, 0.5) is 0 Å². The second-order valence-electron chi connectivity index (χ2n) is 6.34. The van der Waals surface area contributed by atoms with Crippen molar-refractivity contribution in [2.45, 2.75) is 26.9 Å². The zero-order chi connectivity index (χ0) is 18.1. The number of hydrogen-bond donors (Lipinski definition) is 0. The zero-order valence-electron chi connectivity index (χ0n) is 14.8. The van der Waals surface area contributed by atoms with Crippen molar-refractivity contribution in [3.63, 3.8) is 0 Å². The standard InChI is InChI=1S/C21H19N5/c1-3-26-19-8-7-15(2)11-18(19)24-20(26)14-25-10-9-23-21(25)17-6-4-5-16(12-17)13-22/h4-12H,3,14H2,1-2H3. The van der Waals surface area contributed by atoms with E-state index in [1.54, 1.807) is 12.3 Å². The zero-order valence-corrected chi connectivity index (χ0v) is 14.8. The molecule has 0 aliphatic carbocycles. The van der Waals surface area contributed by atoms with Crippen LogP contribution in [0, 0.1) is 18.3 Å². The summed E-state index contributed by atoms with van der Waals surface area (Å²) in [7, 11) is 0. The second-order valence-corrected chi connectivity index (χ2v) is 6.34. The molecule has 0 unspecified atom stereocenters. The van der Waals surface area contributed by atoms with E-state index in [1.807, 2.05) is 24.4 Å². The lowest BCUT2D eigenvalue weighted by atomic mass is 10.1. The molecule has 0 atom stereocenters. The van der Waals surface area contributed by atoms with Crippen LogP contribution in [0.1, 0.15) is 23.9 Å². The smallest absolute Gasteiger partial charge is 0.140 e. The van der Waals surface area contributed by atoms with Crippen LogP contribution in [0.2, 0.25) is 0 Å². The minimum atomic E-state index is 0.633. The first-order chi connectivity index (χ1) is 12.7. The summed E-state index contributed by atoms with van der Waals surface area (Å²) in [6, 6.07) is 16.1. The van der Waals surface area contributed by atoms with Crippen LogP contribution >= 0.6 is 0 Å². The molecule has 2 aromatic heterocycles. The lowest BCUT2D eigenvalue weighted by molar-refractivity contribution is 0.667. The van der Waals surface area contributed by atoms with Gasteiger partial charge in [-0.3, -0.25) is 0 Å². The summed E-state index contributed by atoms with van der Waals surface area (Å²) in [4.78, 5) is 9.35. The lowest BCUT2D eigenvalue weighted by Gasteiger charge is -2.10. The molecule has 0 spiro atoms. The van der Waals surface area contributed by atoms with Crippen LogP contribution in [-0.4, -0.2) is 19.1 Å². The van der Waals surface area contributed by atoms with E-state index >= 15 is 0 Å². The third-order valence-corrected chi connectivity index (χ3v) is 4.58. The van der Waals surface area contributed by atoms with Crippen LogP contribution in [0.15, 0.2) is 54.9 Å². The number of aromatic nitrogens is 4. The first-order valence-electron chi connectivity index (χ1n) is 8.67. The molecule has 26 heavy (non-hydrogen) atoms. The van der Waals surface area contributed by atoms with Crippen molar-refractivity contribution in [1.29, 1.82) is 5.26 Å². The molecule has 0 bridgehead atoms. The number of nitrogens with zero attached hydrogens (tertiary/aromatic N) is 5. The normalized spacial score (nSPS) is 11.0. The summed E-state index contributed by atoms with van der Waals surface area (Å²) < 4.78 is 4.32. The molecule has 4 rings (SSSR count). The Hall–Kier alpha value is -3.39.